The van der Waals surface area contributed by atoms with Crippen LogP contribution in [0.4, 0.5) is 0 Å². The molecule has 0 radical (unpaired) electrons. The van der Waals surface area contributed by atoms with Crippen molar-refractivity contribution in [3.05, 3.63) is 57.8 Å². The number of hydrogen-bond donors (Lipinski definition) is 1. The van der Waals surface area contributed by atoms with Gasteiger partial charge in [0.25, 0.3) is 5.91 Å². The van der Waals surface area contributed by atoms with Crippen molar-refractivity contribution >= 4 is 29.1 Å². The molecule has 21 heavy (non-hydrogen) atoms. The number of para-hydroxylation sites is 1. The molecule has 0 aliphatic carbocycles. The summed E-state index contributed by atoms with van der Waals surface area (Å²) in [5, 5.41) is 3.18. The van der Waals surface area contributed by atoms with Crippen molar-refractivity contribution in [1.29, 1.82) is 0 Å². The Morgan fingerprint density at radius 1 is 1.24 bits per heavy atom. The Labute approximate surface area is 133 Å². The second kappa shape index (κ2) is 6.78. The van der Waals surface area contributed by atoms with Crippen LogP contribution >= 0.6 is 23.2 Å². The molecule has 0 fully saturated rings. The number of nitrogens with one attached hydrogen (secondary N) is 1. The van der Waals surface area contributed by atoms with Crippen molar-refractivity contribution in [3.63, 3.8) is 0 Å². The van der Waals surface area contributed by atoms with E-state index >= 15 is 0 Å². The molecule has 0 saturated carbocycles. The number of nitrogens with zero attached hydrogens (tertiary/aromatic N) is 1. The summed E-state index contributed by atoms with van der Waals surface area (Å²) in [6.45, 7) is 1.87. The van der Waals surface area contributed by atoms with Gasteiger partial charge in [0, 0.05) is 5.56 Å². The molecule has 1 heterocycles. The van der Waals surface area contributed by atoms with Gasteiger partial charge in [0.15, 0.2) is 0 Å². The highest BCUT2D eigenvalue weighted by atomic mass is 35.5. The highest BCUT2D eigenvalue weighted by molar-refractivity contribution is 6.34. The van der Waals surface area contributed by atoms with Crippen molar-refractivity contribution in [2.24, 2.45) is 0 Å². The standard InChI is InChI=1S/C15H14Cl2N2O2/c1-9(10-5-3-4-6-12(10)21-2)18-15(20)11-7-8-13(16)19-14(11)17/h3-9H,1-2H3,(H,18,20)/t9-/m1/s1. The maximum Gasteiger partial charge on any atom is 0.254 e. The van der Waals surface area contributed by atoms with Crippen LogP contribution in [0.2, 0.25) is 10.3 Å². The van der Waals surface area contributed by atoms with E-state index in [9.17, 15) is 4.79 Å². The van der Waals surface area contributed by atoms with Gasteiger partial charge in [-0.25, -0.2) is 4.98 Å². The fourth-order valence-electron chi connectivity index (χ4n) is 1.96. The minimum Gasteiger partial charge on any atom is -0.496 e. The second-order valence-corrected chi connectivity index (χ2v) is 5.15. The maximum absolute atomic E-state index is 12.2. The Kier molecular flexibility index (Phi) is 5.04. The van der Waals surface area contributed by atoms with Gasteiger partial charge in [-0.05, 0) is 25.1 Å². The summed E-state index contributed by atoms with van der Waals surface area (Å²) < 4.78 is 5.29. The molecule has 0 spiro atoms. The lowest BCUT2D eigenvalue weighted by atomic mass is 10.1. The molecule has 1 aromatic heterocycles. The zero-order valence-corrected chi connectivity index (χ0v) is 13.1. The lowest BCUT2D eigenvalue weighted by molar-refractivity contribution is 0.0939. The first-order valence-electron chi connectivity index (χ1n) is 6.28. The van der Waals surface area contributed by atoms with Crippen LogP contribution in [0.15, 0.2) is 36.4 Å². The fourth-order valence-corrected chi connectivity index (χ4v) is 2.39. The maximum atomic E-state index is 12.2. The Morgan fingerprint density at radius 2 is 1.95 bits per heavy atom. The summed E-state index contributed by atoms with van der Waals surface area (Å²) in [5.74, 6) is 0.396. The average molecular weight is 325 g/mol. The number of rotatable bonds is 4. The van der Waals surface area contributed by atoms with Gasteiger partial charge in [0.2, 0.25) is 0 Å². The van der Waals surface area contributed by atoms with Gasteiger partial charge in [-0.1, -0.05) is 41.4 Å². The molecule has 0 saturated heterocycles. The van der Waals surface area contributed by atoms with E-state index in [-0.39, 0.29) is 27.8 Å². The second-order valence-electron chi connectivity index (χ2n) is 4.41. The number of halogens is 2. The smallest absolute Gasteiger partial charge is 0.254 e. The van der Waals surface area contributed by atoms with E-state index in [1.165, 1.54) is 6.07 Å². The Hall–Kier alpha value is -1.78. The minimum absolute atomic E-state index is 0.0761. The molecule has 4 nitrogen and oxygen atoms in total. The number of ether oxygens (including phenoxy) is 1. The summed E-state index contributed by atoms with van der Waals surface area (Å²) in [5.41, 5.74) is 1.16. The summed E-state index contributed by atoms with van der Waals surface area (Å²) in [6, 6.07) is 10.3. The van der Waals surface area contributed by atoms with Crippen LogP contribution in [-0.4, -0.2) is 18.0 Å². The number of methoxy groups -OCH3 is 1. The molecule has 2 aromatic rings. The molecule has 0 unspecified atom stereocenters. The SMILES string of the molecule is COc1ccccc1[C@@H](C)NC(=O)c1ccc(Cl)nc1Cl. The van der Waals surface area contributed by atoms with Crippen LogP contribution in [-0.2, 0) is 0 Å². The highest BCUT2D eigenvalue weighted by Crippen LogP contribution is 2.25. The molecule has 1 N–H and O–H groups in total. The van der Waals surface area contributed by atoms with Gasteiger partial charge in [-0.2, -0.15) is 0 Å². The Morgan fingerprint density at radius 3 is 2.62 bits per heavy atom. The molecule has 2 rings (SSSR count). The summed E-state index contributed by atoms with van der Waals surface area (Å²) >= 11 is 11.7. The third-order valence-electron chi connectivity index (χ3n) is 3.01. The lowest BCUT2D eigenvalue weighted by Crippen LogP contribution is -2.27. The first-order chi connectivity index (χ1) is 10.0. The summed E-state index contributed by atoms with van der Waals surface area (Å²) in [6.07, 6.45) is 0. The fraction of sp³-hybridized carbons (Fsp3) is 0.200. The molecule has 0 bridgehead atoms. The van der Waals surface area contributed by atoms with Crippen LogP contribution in [0.25, 0.3) is 0 Å². The first kappa shape index (κ1) is 15.6. The predicted octanol–water partition coefficient (Wildman–Crippen LogP) is 3.89. The largest absolute Gasteiger partial charge is 0.496 e. The number of aromatic nitrogens is 1. The van der Waals surface area contributed by atoms with E-state index in [4.69, 9.17) is 27.9 Å². The van der Waals surface area contributed by atoms with Crippen LogP contribution in [0.3, 0.4) is 0 Å². The third-order valence-corrected chi connectivity index (χ3v) is 3.51. The predicted molar refractivity (Wildman–Crippen MR) is 83.1 cm³/mol. The van der Waals surface area contributed by atoms with Crippen LogP contribution in [0.5, 0.6) is 5.75 Å². The Balaban J connectivity index is 2.19. The monoisotopic (exact) mass is 324 g/mol. The van der Waals surface area contributed by atoms with E-state index in [1.807, 2.05) is 31.2 Å². The quantitative estimate of drug-likeness (QED) is 0.868. The van der Waals surface area contributed by atoms with Gasteiger partial charge < -0.3 is 10.1 Å². The van der Waals surface area contributed by atoms with Crippen molar-refractivity contribution < 1.29 is 9.53 Å². The topological polar surface area (TPSA) is 51.2 Å². The first-order valence-corrected chi connectivity index (χ1v) is 7.04. The van der Waals surface area contributed by atoms with Crippen LogP contribution in [0, 0.1) is 0 Å². The number of amides is 1. The zero-order valence-electron chi connectivity index (χ0n) is 11.6. The molecule has 110 valence electrons. The number of pyridine rings is 1. The van der Waals surface area contributed by atoms with Gasteiger partial charge in [-0.3, -0.25) is 4.79 Å². The Bertz CT molecular complexity index is 662. The molecule has 1 atom stereocenters. The number of hydrogen-bond acceptors (Lipinski definition) is 3. The molecule has 0 aliphatic heterocycles. The summed E-state index contributed by atoms with van der Waals surface area (Å²) in [7, 11) is 1.59. The van der Waals surface area contributed by atoms with Gasteiger partial charge in [0.05, 0.1) is 18.7 Å². The number of benzene rings is 1. The van der Waals surface area contributed by atoms with E-state index < -0.39 is 0 Å². The van der Waals surface area contributed by atoms with E-state index in [0.29, 0.717) is 5.75 Å². The average Bonchev–Trinajstić information content (AvgIpc) is 2.46. The van der Waals surface area contributed by atoms with Gasteiger partial charge in [0.1, 0.15) is 16.1 Å². The molecule has 1 aromatic carbocycles. The molecular formula is C15H14Cl2N2O2. The normalized spacial score (nSPS) is 11.8. The van der Waals surface area contributed by atoms with Crippen molar-refractivity contribution in [3.8, 4) is 5.75 Å². The lowest BCUT2D eigenvalue weighted by Gasteiger charge is -2.17. The van der Waals surface area contributed by atoms with Crippen molar-refractivity contribution in [1.82, 2.24) is 10.3 Å². The number of carbonyl (C=O) groups is 1. The van der Waals surface area contributed by atoms with Crippen LogP contribution in [0.1, 0.15) is 28.9 Å². The summed E-state index contributed by atoms with van der Waals surface area (Å²) in [4.78, 5) is 16.1. The van der Waals surface area contributed by atoms with E-state index in [0.717, 1.165) is 5.56 Å². The van der Waals surface area contributed by atoms with Gasteiger partial charge >= 0.3 is 0 Å². The number of carbonyl (C=O) groups excluding carboxylic acids is 1. The van der Waals surface area contributed by atoms with Crippen LogP contribution < -0.4 is 10.1 Å². The molecular weight excluding hydrogens is 311 g/mol. The third kappa shape index (κ3) is 3.65. The zero-order chi connectivity index (χ0) is 15.4. The minimum atomic E-state index is -0.317. The van der Waals surface area contributed by atoms with Crippen molar-refractivity contribution in [2.75, 3.05) is 7.11 Å². The molecule has 1 amide bonds. The highest BCUT2D eigenvalue weighted by Gasteiger charge is 2.17. The molecule has 0 aliphatic rings. The van der Waals surface area contributed by atoms with E-state index in [1.54, 1.807) is 13.2 Å². The van der Waals surface area contributed by atoms with Crippen molar-refractivity contribution in [2.45, 2.75) is 13.0 Å². The van der Waals surface area contributed by atoms with E-state index in [2.05, 4.69) is 10.3 Å². The van der Waals surface area contributed by atoms with Gasteiger partial charge in [-0.15, -0.1) is 0 Å². The molecule has 6 heteroatoms.